The molecule has 0 aliphatic rings. The van der Waals surface area contributed by atoms with Crippen molar-refractivity contribution in [3.8, 4) is 0 Å². The molecular formula is C8H7NO2S. The predicted octanol–water partition coefficient (Wildman–Crippen LogP) is 1.40. The molecule has 3 nitrogen and oxygen atoms in total. The normalized spacial score (nSPS) is 9.58. The van der Waals surface area contributed by atoms with E-state index in [1.165, 1.54) is 0 Å². The van der Waals surface area contributed by atoms with Crippen molar-refractivity contribution in [1.82, 2.24) is 0 Å². The number of aliphatic hydroxyl groups excluding tert-OH is 1. The minimum absolute atomic E-state index is 0.429. The van der Waals surface area contributed by atoms with E-state index in [4.69, 9.17) is 10.2 Å². The van der Waals surface area contributed by atoms with Crippen LogP contribution in [0.1, 0.15) is 11.9 Å². The summed E-state index contributed by atoms with van der Waals surface area (Å²) in [4.78, 5) is 3.71. The van der Waals surface area contributed by atoms with Gasteiger partial charge in [0.15, 0.2) is 6.29 Å². The molecule has 0 saturated carbocycles. The van der Waals surface area contributed by atoms with Crippen LogP contribution in [0.25, 0.3) is 0 Å². The number of aliphatic hydroxyl groups is 2. The Morgan fingerprint density at radius 3 is 2.25 bits per heavy atom. The Kier molecular flexibility index (Phi) is 3.08. The van der Waals surface area contributed by atoms with Gasteiger partial charge >= 0.3 is 0 Å². The number of aliphatic imine (C=N–C) groups is 1. The molecule has 0 unspecified atom stereocenters. The average molecular weight is 181 g/mol. The molecule has 0 amide bonds. The maximum atomic E-state index is 8.73. The third-order valence-electron chi connectivity index (χ3n) is 1.37. The van der Waals surface area contributed by atoms with E-state index in [1.807, 2.05) is 0 Å². The first-order valence-corrected chi connectivity index (χ1v) is 3.69. The van der Waals surface area contributed by atoms with Gasteiger partial charge in [-0.25, -0.2) is 0 Å². The molecule has 0 saturated heterocycles. The molecule has 1 aromatic carbocycles. The van der Waals surface area contributed by atoms with E-state index in [2.05, 4.69) is 22.4 Å². The van der Waals surface area contributed by atoms with E-state index in [0.29, 0.717) is 11.3 Å². The highest BCUT2D eigenvalue weighted by molar-refractivity contribution is 7.78. The summed E-state index contributed by atoms with van der Waals surface area (Å²) in [5.74, 6) is 0. The van der Waals surface area contributed by atoms with Crippen LogP contribution >= 0.6 is 12.2 Å². The van der Waals surface area contributed by atoms with Crippen LogP contribution in [-0.4, -0.2) is 15.4 Å². The first kappa shape index (κ1) is 9.03. The van der Waals surface area contributed by atoms with E-state index in [1.54, 1.807) is 24.3 Å². The van der Waals surface area contributed by atoms with Crippen molar-refractivity contribution in [2.24, 2.45) is 4.99 Å². The van der Waals surface area contributed by atoms with Crippen LogP contribution in [0.15, 0.2) is 29.3 Å². The molecule has 1 rings (SSSR count). The molecule has 0 radical (unpaired) electrons. The number of benzene rings is 1. The van der Waals surface area contributed by atoms with Crippen LogP contribution in [0.4, 0.5) is 5.69 Å². The lowest BCUT2D eigenvalue weighted by Gasteiger charge is -2.01. The highest BCUT2D eigenvalue weighted by Crippen LogP contribution is 2.15. The summed E-state index contributed by atoms with van der Waals surface area (Å²) < 4.78 is 0. The zero-order chi connectivity index (χ0) is 8.97. The molecule has 2 N–H and O–H groups in total. The fourth-order valence-electron chi connectivity index (χ4n) is 0.774. The second kappa shape index (κ2) is 4.09. The van der Waals surface area contributed by atoms with Crippen LogP contribution in [0.2, 0.25) is 0 Å². The van der Waals surface area contributed by atoms with E-state index in [0.717, 1.165) is 0 Å². The van der Waals surface area contributed by atoms with Gasteiger partial charge in [-0.05, 0) is 24.4 Å². The third-order valence-corrected chi connectivity index (χ3v) is 1.46. The van der Waals surface area contributed by atoms with Gasteiger partial charge in [-0.3, -0.25) is 0 Å². The minimum Gasteiger partial charge on any atom is -0.364 e. The Morgan fingerprint density at radius 2 is 1.83 bits per heavy atom. The first-order chi connectivity index (χ1) is 5.74. The van der Waals surface area contributed by atoms with Gasteiger partial charge < -0.3 is 10.2 Å². The van der Waals surface area contributed by atoms with Crippen molar-refractivity contribution in [3.05, 3.63) is 29.8 Å². The fraction of sp³-hybridized carbons (Fsp3) is 0.125. The van der Waals surface area contributed by atoms with Crippen molar-refractivity contribution < 1.29 is 10.2 Å². The molecule has 0 spiro atoms. The summed E-state index contributed by atoms with van der Waals surface area (Å²) in [5.41, 5.74) is 1.08. The molecule has 0 aliphatic carbocycles. The number of thiocarbonyl (C=S) groups is 1. The topological polar surface area (TPSA) is 52.8 Å². The Hall–Kier alpha value is -1.06. The molecular weight excluding hydrogens is 174 g/mol. The van der Waals surface area contributed by atoms with Crippen LogP contribution in [0.3, 0.4) is 0 Å². The van der Waals surface area contributed by atoms with Gasteiger partial charge in [0.1, 0.15) is 0 Å². The summed E-state index contributed by atoms with van der Waals surface area (Å²) in [5, 5.41) is 19.7. The second-order valence-corrected chi connectivity index (χ2v) is 2.35. The molecule has 0 bridgehead atoms. The van der Waals surface area contributed by atoms with Crippen LogP contribution in [0.5, 0.6) is 0 Å². The van der Waals surface area contributed by atoms with Gasteiger partial charge in [0.2, 0.25) is 0 Å². The first-order valence-electron chi connectivity index (χ1n) is 3.28. The molecule has 0 atom stereocenters. The zero-order valence-electron chi connectivity index (χ0n) is 6.14. The molecule has 0 aliphatic heterocycles. The zero-order valence-corrected chi connectivity index (χ0v) is 6.95. The van der Waals surface area contributed by atoms with Gasteiger partial charge in [-0.15, -0.1) is 0 Å². The Balaban J connectivity index is 2.92. The molecule has 62 valence electrons. The molecule has 4 heteroatoms. The summed E-state index contributed by atoms with van der Waals surface area (Å²) in [6, 6.07) is 6.40. The van der Waals surface area contributed by atoms with Crippen LogP contribution < -0.4 is 0 Å². The van der Waals surface area contributed by atoms with Crippen molar-refractivity contribution in [3.63, 3.8) is 0 Å². The van der Waals surface area contributed by atoms with Crippen molar-refractivity contribution in [2.75, 3.05) is 0 Å². The highest BCUT2D eigenvalue weighted by atomic mass is 32.1. The minimum atomic E-state index is -1.43. The number of nitrogens with zero attached hydrogens (tertiary/aromatic N) is 1. The van der Waals surface area contributed by atoms with Gasteiger partial charge in [0.05, 0.1) is 10.8 Å². The number of hydrogen-bond donors (Lipinski definition) is 2. The molecule has 0 heterocycles. The monoisotopic (exact) mass is 181 g/mol. The van der Waals surface area contributed by atoms with E-state index in [-0.39, 0.29) is 0 Å². The van der Waals surface area contributed by atoms with Gasteiger partial charge in [-0.2, -0.15) is 4.99 Å². The fourth-order valence-corrected chi connectivity index (χ4v) is 0.879. The molecule has 12 heavy (non-hydrogen) atoms. The highest BCUT2D eigenvalue weighted by Gasteiger charge is 2.00. The molecule has 0 aromatic heterocycles. The lowest BCUT2D eigenvalue weighted by atomic mass is 10.2. The van der Waals surface area contributed by atoms with Crippen molar-refractivity contribution in [2.45, 2.75) is 6.29 Å². The smallest absolute Gasteiger partial charge is 0.178 e. The van der Waals surface area contributed by atoms with Crippen molar-refractivity contribution >= 4 is 23.1 Å². The van der Waals surface area contributed by atoms with E-state index < -0.39 is 6.29 Å². The summed E-state index contributed by atoms with van der Waals surface area (Å²) in [6.45, 7) is 0. The van der Waals surface area contributed by atoms with Crippen LogP contribution in [-0.2, 0) is 0 Å². The van der Waals surface area contributed by atoms with E-state index >= 15 is 0 Å². The Bertz CT molecular complexity index is 301. The predicted molar refractivity (Wildman–Crippen MR) is 48.3 cm³/mol. The van der Waals surface area contributed by atoms with E-state index in [9.17, 15) is 0 Å². The maximum Gasteiger partial charge on any atom is 0.178 e. The van der Waals surface area contributed by atoms with Gasteiger partial charge in [0, 0.05) is 5.56 Å². The molecule has 0 fully saturated rings. The van der Waals surface area contributed by atoms with Gasteiger partial charge in [0.25, 0.3) is 0 Å². The number of hydrogen-bond acceptors (Lipinski definition) is 4. The summed E-state index contributed by atoms with van der Waals surface area (Å²) >= 11 is 4.40. The Labute approximate surface area is 75.0 Å². The summed E-state index contributed by atoms with van der Waals surface area (Å²) in [7, 11) is 0. The van der Waals surface area contributed by atoms with Gasteiger partial charge in [-0.1, -0.05) is 12.1 Å². The number of isothiocyanates is 1. The average Bonchev–Trinajstić information content (AvgIpc) is 2.06. The molecule has 1 aromatic rings. The lowest BCUT2D eigenvalue weighted by molar-refractivity contribution is -0.0424. The second-order valence-electron chi connectivity index (χ2n) is 2.17. The van der Waals surface area contributed by atoms with Crippen molar-refractivity contribution in [1.29, 1.82) is 0 Å². The maximum absolute atomic E-state index is 8.73. The summed E-state index contributed by atoms with van der Waals surface area (Å²) in [6.07, 6.45) is -1.43. The standard InChI is InChI=1S/C8H7NO2S/c10-8(11)6-1-3-7(4-2-6)9-5-12/h1-4,8,10-11H. The SMILES string of the molecule is OC(O)c1ccc(N=C=S)cc1. The quantitative estimate of drug-likeness (QED) is 0.412. The third kappa shape index (κ3) is 2.22. The largest absolute Gasteiger partial charge is 0.364 e. The Morgan fingerprint density at radius 1 is 1.25 bits per heavy atom. The van der Waals surface area contributed by atoms with Crippen LogP contribution in [0, 0.1) is 0 Å². The number of rotatable bonds is 2. The lowest BCUT2D eigenvalue weighted by Crippen LogP contribution is -1.92.